The molecule has 0 radical (unpaired) electrons. The maximum atomic E-state index is 11.9. The maximum Gasteiger partial charge on any atom is 0.252 e. The van der Waals surface area contributed by atoms with E-state index >= 15 is 0 Å². The number of thiophene rings is 1. The number of anilines is 1. The lowest BCUT2D eigenvalue weighted by atomic mass is 10.1. The summed E-state index contributed by atoms with van der Waals surface area (Å²) in [6.07, 6.45) is 1.04. The Balaban J connectivity index is 1.42. The Bertz CT molecular complexity index is 715. The number of nitrogens with zero attached hydrogens (tertiary/aromatic N) is 1. The van der Waals surface area contributed by atoms with Crippen molar-refractivity contribution in [1.29, 1.82) is 0 Å². The first-order valence-corrected chi connectivity index (χ1v) is 9.01. The van der Waals surface area contributed by atoms with E-state index < -0.39 is 0 Å². The van der Waals surface area contributed by atoms with Gasteiger partial charge in [0.05, 0.1) is 6.54 Å². The second kappa shape index (κ2) is 7.49. The van der Waals surface area contributed by atoms with Crippen molar-refractivity contribution in [3.8, 4) is 0 Å². The van der Waals surface area contributed by atoms with Crippen LogP contribution in [-0.2, 0) is 11.2 Å². The summed E-state index contributed by atoms with van der Waals surface area (Å²) in [7, 11) is 0. The summed E-state index contributed by atoms with van der Waals surface area (Å²) in [6, 6.07) is 10.6. The minimum absolute atomic E-state index is 0.000814. The second-order valence-electron chi connectivity index (χ2n) is 5.92. The van der Waals surface area contributed by atoms with Gasteiger partial charge in [-0.25, -0.2) is 0 Å². The molecule has 0 spiro atoms. The molecule has 5 nitrogen and oxygen atoms in total. The minimum atomic E-state index is -0.214. The molecule has 0 bridgehead atoms. The quantitative estimate of drug-likeness (QED) is 0.844. The van der Waals surface area contributed by atoms with Crippen molar-refractivity contribution in [3.63, 3.8) is 0 Å². The summed E-state index contributed by atoms with van der Waals surface area (Å²) in [5.74, 6) is -0.382. The first-order chi connectivity index (χ1) is 11.6. The van der Waals surface area contributed by atoms with Crippen LogP contribution in [0.1, 0.15) is 22.8 Å². The molecule has 1 unspecified atom stereocenters. The third-order valence-corrected chi connectivity index (χ3v) is 4.90. The SMILES string of the molecule is CC1Cc2ccccc2N1CCNC(=O)CNC(=O)c1ccsc1. The molecule has 2 N–H and O–H groups in total. The molecule has 1 aromatic carbocycles. The Morgan fingerprint density at radius 1 is 1.25 bits per heavy atom. The third-order valence-electron chi connectivity index (χ3n) is 4.22. The van der Waals surface area contributed by atoms with Crippen LogP contribution in [0.4, 0.5) is 5.69 Å². The molecule has 3 rings (SSSR count). The fourth-order valence-corrected chi connectivity index (χ4v) is 3.64. The van der Waals surface area contributed by atoms with Crippen LogP contribution in [0.25, 0.3) is 0 Å². The summed E-state index contributed by atoms with van der Waals surface area (Å²) in [5, 5.41) is 9.10. The van der Waals surface area contributed by atoms with Crippen LogP contribution in [0.15, 0.2) is 41.1 Å². The van der Waals surface area contributed by atoms with Crippen molar-refractivity contribution in [1.82, 2.24) is 10.6 Å². The average molecular weight is 343 g/mol. The van der Waals surface area contributed by atoms with Gasteiger partial charge in [-0.3, -0.25) is 9.59 Å². The highest BCUT2D eigenvalue weighted by molar-refractivity contribution is 7.08. The molecule has 0 aliphatic carbocycles. The lowest BCUT2D eigenvalue weighted by molar-refractivity contribution is -0.120. The summed E-state index contributed by atoms with van der Waals surface area (Å²) in [6.45, 7) is 3.53. The number of fused-ring (bicyclic) bond motifs is 1. The largest absolute Gasteiger partial charge is 0.367 e. The van der Waals surface area contributed by atoms with E-state index in [0.29, 0.717) is 18.2 Å². The lowest BCUT2D eigenvalue weighted by Crippen LogP contribution is -2.41. The van der Waals surface area contributed by atoms with Gasteiger partial charge < -0.3 is 15.5 Å². The van der Waals surface area contributed by atoms with Gasteiger partial charge in [0.25, 0.3) is 5.91 Å². The Morgan fingerprint density at radius 2 is 2.08 bits per heavy atom. The maximum absolute atomic E-state index is 11.9. The van der Waals surface area contributed by atoms with Crippen molar-refractivity contribution in [2.75, 3.05) is 24.5 Å². The second-order valence-corrected chi connectivity index (χ2v) is 6.70. The fourth-order valence-electron chi connectivity index (χ4n) is 3.00. The van der Waals surface area contributed by atoms with Gasteiger partial charge in [0.1, 0.15) is 0 Å². The van der Waals surface area contributed by atoms with Gasteiger partial charge in [0.15, 0.2) is 0 Å². The first-order valence-electron chi connectivity index (χ1n) is 8.07. The predicted molar refractivity (Wildman–Crippen MR) is 96.6 cm³/mol. The van der Waals surface area contributed by atoms with E-state index in [0.717, 1.165) is 13.0 Å². The molecule has 6 heteroatoms. The average Bonchev–Trinajstić information content (AvgIpc) is 3.21. The molecule has 0 saturated heterocycles. The number of hydrogen-bond acceptors (Lipinski definition) is 4. The zero-order valence-electron chi connectivity index (χ0n) is 13.6. The number of para-hydroxylation sites is 1. The Labute approximate surface area is 145 Å². The Morgan fingerprint density at radius 3 is 2.88 bits per heavy atom. The Kier molecular flexibility index (Phi) is 5.15. The van der Waals surface area contributed by atoms with Gasteiger partial charge in [-0.1, -0.05) is 18.2 Å². The van der Waals surface area contributed by atoms with E-state index in [9.17, 15) is 9.59 Å². The standard InChI is InChI=1S/C18H21N3O2S/c1-13-10-14-4-2-3-5-16(14)21(13)8-7-19-17(22)11-20-18(23)15-6-9-24-12-15/h2-6,9,12-13H,7-8,10-11H2,1H3,(H,19,22)(H,20,23). The number of amides is 2. The van der Waals surface area contributed by atoms with E-state index in [1.54, 1.807) is 11.4 Å². The number of carbonyl (C=O) groups excluding carboxylic acids is 2. The highest BCUT2D eigenvalue weighted by Gasteiger charge is 2.24. The molecular weight excluding hydrogens is 322 g/mol. The molecule has 1 aliphatic rings. The zero-order chi connectivity index (χ0) is 16.9. The monoisotopic (exact) mass is 343 g/mol. The van der Waals surface area contributed by atoms with E-state index in [1.807, 2.05) is 11.4 Å². The molecular formula is C18H21N3O2S. The number of nitrogens with one attached hydrogen (secondary N) is 2. The number of rotatable bonds is 6. The molecule has 126 valence electrons. The van der Waals surface area contributed by atoms with Crippen LogP contribution in [-0.4, -0.2) is 37.5 Å². The van der Waals surface area contributed by atoms with E-state index in [2.05, 4.69) is 40.7 Å². The summed E-state index contributed by atoms with van der Waals surface area (Å²) in [4.78, 5) is 26.0. The normalized spacial score (nSPS) is 15.9. The van der Waals surface area contributed by atoms with E-state index in [-0.39, 0.29) is 18.4 Å². The fraction of sp³-hybridized carbons (Fsp3) is 0.333. The number of carbonyl (C=O) groups is 2. The van der Waals surface area contributed by atoms with Crippen molar-refractivity contribution < 1.29 is 9.59 Å². The highest BCUT2D eigenvalue weighted by Crippen LogP contribution is 2.31. The van der Waals surface area contributed by atoms with Gasteiger partial charge in [-0.15, -0.1) is 0 Å². The van der Waals surface area contributed by atoms with Crippen LogP contribution in [0.5, 0.6) is 0 Å². The number of benzene rings is 1. The van der Waals surface area contributed by atoms with Crippen molar-refractivity contribution >= 4 is 28.8 Å². The van der Waals surface area contributed by atoms with Crippen LogP contribution in [0, 0.1) is 0 Å². The molecule has 0 saturated carbocycles. The van der Waals surface area contributed by atoms with E-state index in [4.69, 9.17) is 0 Å². The molecule has 1 aliphatic heterocycles. The molecule has 1 atom stereocenters. The third kappa shape index (κ3) is 3.76. The molecule has 24 heavy (non-hydrogen) atoms. The van der Waals surface area contributed by atoms with Crippen LogP contribution < -0.4 is 15.5 Å². The van der Waals surface area contributed by atoms with Gasteiger partial charge in [0, 0.05) is 35.8 Å². The van der Waals surface area contributed by atoms with Crippen molar-refractivity contribution in [2.45, 2.75) is 19.4 Å². The van der Waals surface area contributed by atoms with Gasteiger partial charge in [-0.05, 0) is 36.4 Å². The van der Waals surface area contributed by atoms with Crippen molar-refractivity contribution in [3.05, 3.63) is 52.2 Å². The smallest absolute Gasteiger partial charge is 0.252 e. The molecule has 2 aromatic rings. The zero-order valence-corrected chi connectivity index (χ0v) is 14.4. The summed E-state index contributed by atoms with van der Waals surface area (Å²) in [5.41, 5.74) is 3.21. The van der Waals surface area contributed by atoms with Crippen LogP contribution in [0.3, 0.4) is 0 Å². The minimum Gasteiger partial charge on any atom is -0.367 e. The van der Waals surface area contributed by atoms with E-state index in [1.165, 1.54) is 22.6 Å². The molecule has 1 aromatic heterocycles. The van der Waals surface area contributed by atoms with Crippen LogP contribution in [0.2, 0.25) is 0 Å². The van der Waals surface area contributed by atoms with Gasteiger partial charge >= 0.3 is 0 Å². The van der Waals surface area contributed by atoms with Gasteiger partial charge in [0.2, 0.25) is 5.91 Å². The first kappa shape index (κ1) is 16.5. The van der Waals surface area contributed by atoms with Gasteiger partial charge in [-0.2, -0.15) is 11.3 Å². The predicted octanol–water partition coefficient (Wildman–Crippen LogP) is 2.05. The lowest BCUT2D eigenvalue weighted by Gasteiger charge is -2.25. The highest BCUT2D eigenvalue weighted by atomic mass is 32.1. The van der Waals surface area contributed by atoms with Crippen LogP contribution >= 0.6 is 11.3 Å². The summed E-state index contributed by atoms with van der Waals surface area (Å²) < 4.78 is 0. The molecule has 2 amide bonds. The topological polar surface area (TPSA) is 61.4 Å². The van der Waals surface area contributed by atoms with Crippen molar-refractivity contribution in [2.24, 2.45) is 0 Å². The Hall–Kier alpha value is -2.34. The summed E-state index contributed by atoms with van der Waals surface area (Å²) >= 11 is 1.46. The molecule has 2 heterocycles. The molecule has 0 fully saturated rings. The number of hydrogen-bond donors (Lipinski definition) is 2.